The summed E-state index contributed by atoms with van der Waals surface area (Å²) in [7, 11) is 0. The highest BCUT2D eigenvalue weighted by Gasteiger charge is 2.34. The number of rotatable bonds is 5. The Bertz CT molecular complexity index is 1090. The molecule has 2 N–H and O–H groups in total. The Balaban J connectivity index is 1.19. The second-order valence-corrected chi connectivity index (χ2v) is 9.58. The van der Waals surface area contributed by atoms with E-state index in [0.29, 0.717) is 5.11 Å². The summed E-state index contributed by atoms with van der Waals surface area (Å²) in [5.41, 5.74) is 4.86. The second kappa shape index (κ2) is 9.67. The molecule has 5 rings (SSSR count). The highest BCUT2D eigenvalue weighted by Crippen LogP contribution is 2.35. The summed E-state index contributed by atoms with van der Waals surface area (Å²) in [6.45, 7) is 4.02. The first-order valence-corrected chi connectivity index (χ1v) is 12.1. The fraction of sp³-hybridized carbons (Fsp3) is 0.308. The van der Waals surface area contributed by atoms with Gasteiger partial charge < -0.3 is 20.3 Å². The molecule has 0 bridgehead atoms. The summed E-state index contributed by atoms with van der Waals surface area (Å²) in [4.78, 5) is 6.95. The van der Waals surface area contributed by atoms with Gasteiger partial charge in [0.05, 0.1) is 11.9 Å². The normalized spacial score (nSPS) is 16.8. The van der Waals surface area contributed by atoms with Crippen molar-refractivity contribution >= 4 is 40.4 Å². The van der Waals surface area contributed by atoms with Gasteiger partial charge >= 0.3 is 0 Å². The topological polar surface area (TPSA) is 49.4 Å². The Morgan fingerprint density at radius 2 is 1.70 bits per heavy atom. The molecule has 7 heteroatoms. The average Bonchev–Trinajstić information content (AvgIpc) is 3.29. The molecule has 1 fully saturated rings. The molecule has 1 saturated heterocycles. The van der Waals surface area contributed by atoms with E-state index in [1.807, 2.05) is 30.5 Å². The largest absolute Gasteiger partial charge is 0.381 e. The van der Waals surface area contributed by atoms with E-state index >= 15 is 0 Å². The van der Waals surface area contributed by atoms with Gasteiger partial charge in [0.2, 0.25) is 0 Å². The maximum Gasteiger partial charge on any atom is 0.170 e. The minimum Gasteiger partial charge on any atom is -0.381 e. The highest BCUT2D eigenvalue weighted by atomic mass is 35.5. The van der Waals surface area contributed by atoms with Gasteiger partial charge in [-0.05, 0) is 66.0 Å². The van der Waals surface area contributed by atoms with E-state index in [2.05, 4.69) is 56.9 Å². The van der Waals surface area contributed by atoms with E-state index in [4.69, 9.17) is 28.6 Å². The average molecular weight is 479 g/mol. The molecule has 2 aliphatic heterocycles. The monoisotopic (exact) mass is 478 g/mol. The number of anilines is 2. The Morgan fingerprint density at radius 3 is 2.33 bits per heavy atom. The highest BCUT2D eigenvalue weighted by molar-refractivity contribution is 7.80. The molecule has 3 aromatic rings. The lowest BCUT2D eigenvalue weighted by atomic mass is 9.74. The van der Waals surface area contributed by atoms with E-state index < -0.39 is 0 Å². The summed E-state index contributed by atoms with van der Waals surface area (Å²) in [6, 6.07) is 20.8. The Hall–Kier alpha value is -2.67. The molecule has 0 atom stereocenters. The maximum atomic E-state index is 6.11. The number of nitrogens with one attached hydrogen (secondary N) is 2. The lowest BCUT2D eigenvalue weighted by molar-refractivity contribution is 0.0515. The van der Waals surface area contributed by atoms with Crippen LogP contribution in [0.2, 0.25) is 5.02 Å². The van der Waals surface area contributed by atoms with Crippen LogP contribution in [0.4, 0.5) is 11.5 Å². The van der Waals surface area contributed by atoms with Gasteiger partial charge in [0.25, 0.3) is 0 Å². The number of hydrogen-bond donors (Lipinski definition) is 2. The minimum absolute atomic E-state index is 0.0263. The van der Waals surface area contributed by atoms with E-state index in [0.717, 1.165) is 62.2 Å². The van der Waals surface area contributed by atoms with Crippen LogP contribution in [0.15, 0.2) is 66.9 Å². The zero-order chi connectivity index (χ0) is 22.7. The van der Waals surface area contributed by atoms with Crippen LogP contribution in [-0.4, -0.2) is 29.9 Å². The minimum atomic E-state index is -0.0263. The Kier molecular flexibility index (Phi) is 6.49. The number of thiocarbonyl (C=S) groups is 1. The number of halogens is 1. The Morgan fingerprint density at radius 1 is 1.00 bits per heavy atom. The van der Waals surface area contributed by atoms with Crippen LogP contribution in [0.25, 0.3) is 0 Å². The number of hydrogen-bond acceptors (Lipinski definition) is 4. The van der Waals surface area contributed by atoms with Gasteiger partial charge in [-0.1, -0.05) is 48.0 Å². The van der Waals surface area contributed by atoms with Crippen molar-refractivity contribution in [3.05, 3.63) is 88.6 Å². The smallest absolute Gasteiger partial charge is 0.170 e. The standard InChI is InChI=1S/C26H27ClN4OS/c27-22-7-5-21(6-8-22)26(11-13-32-14-12-26)18-29-25(33)30-23-9-10-24(28-15-23)31-16-19-3-1-2-4-20(19)17-31/h1-10,15H,11-14,16-18H2,(H2,29,30,33). The van der Waals surface area contributed by atoms with Crippen LogP contribution < -0.4 is 15.5 Å². The zero-order valence-electron chi connectivity index (χ0n) is 18.4. The molecule has 2 aliphatic rings. The SMILES string of the molecule is S=C(NCC1(c2ccc(Cl)cc2)CCOCC1)Nc1ccc(N2Cc3ccccc3C2)nc1. The molecule has 0 amide bonds. The lowest BCUT2D eigenvalue weighted by Crippen LogP contribution is -2.45. The number of pyridine rings is 1. The van der Waals surface area contributed by atoms with Crippen molar-refractivity contribution in [3.8, 4) is 0 Å². The molecule has 0 spiro atoms. The first-order chi connectivity index (χ1) is 16.1. The van der Waals surface area contributed by atoms with E-state index in [1.54, 1.807) is 0 Å². The third-order valence-corrected chi connectivity index (χ3v) is 7.16. The van der Waals surface area contributed by atoms with Crippen molar-refractivity contribution < 1.29 is 4.74 Å². The molecule has 5 nitrogen and oxygen atoms in total. The van der Waals surface area contributed by atoms with Gasteiger partial charge in [0.1, 0.15) is 5.82 Å². The van der Waals surface area contributed by atoms with Gasteiger partial charge in [0, 0.05) is 43.3 Å². The fourth-order valence-electron chi connectivity index (χ4n) is 4.70. The number of aromatic nitrogens is 1. The van der Waals surface area contributed by atoms with E-state index in [9.17, 15) is 0 Å². The molecular formula is C26H27ClN4OS. The summed E-state index contributed by atoms with van der Waals surface area (Å²) in [5, 5.41) is 8.06. The van der Waals surface area contributed by atoms with Gasteiger partial charge in [0.15, 0.2) is 5.11 Å². The first kappa shape index (κ1) is 22.1. The number of nitrogens with zero attached hydrogens (tertiary/aromatic N) is 2. The molecule has 1 aromatic heterocycles. The van der Waals surface area contributed by atoms with Crippen molar-refractivity contribution in [3.63, 3.8) is 0 Å². The second-order valence-electron chi connectivity index (χ2n) is 8.74. The maximum absolute atomic E-state index is 6.11. The third kappa shape index (κ3) is 4.98. The molecule has 0 aliphatic carbocycles. The molecule has 3 heterocycles. The van der Waals surface area contributed by atoms with Gasteiger partial charge in [-0.2, -0.15) is 0 Å². The summed E-state index contributed by atoms with van der Waals surface area (Å²) >= 11 is 11.7. The van der Waals surface area contributed by atoms with E-state index in [-0.39, 0.29) is 5.41 Å². The zero-order valence-corrected chi connectivity index (χ0v) is 20.0. The summed E-state index contributed by atoms with van der Waals surface area (Å²) in [6.07, 6.45) is 3.73. The van der Waals surface area contributed by atoms with Crippen LogP contribution in [0.1, 0.15) is 29.5 Å². The van der Waals surface area contributed by atoms with Crippen molar-refractivity contribution in [1.29, 1.82) is 0 Å². The fourth-order valence-corrected chi connectivity index (χ4v) is 5.02. The third-order valence-electron chi connectivity index (χ3n) is 6.66. The molecule has 170 valence electrons. The first-order valence-electron chi connectivity index (χ1n) is 11.3. The molecule has 0 saturated carbocycles. The van der Waals surface area contributed by atoms with Crippen LogP contribution >= 0.6 is 23.8 Å². The van der Waals surface area contributed by atoms with Crippen LogP contribution in [-0.2, 0) is 23.2 Å². The number of ether oxygens (including phenoxy) is 1. The summed E-state index contributed by atoms with van der Waals surface area (Å²) in [5.74, 6) is 0.972. The number of benzene rings is 2. The van der Waals surface area contributed by atoms with Crippen molar-refractivity contribution in [2.45, 2.75) is 31.3 Å². The van der Waals surface area contributed by atoms with Gasteiger partial charge in [-0.3, -0.25) is 0 Å². The Labute approximate surface area is 205 Å². The molecule has 0 radical (unpaired) electrons. The predicted molar refractivity (Wildman–Crippen MR) is 138 cm³/mol. The summed E-state index contributed by atoms with van der Waals surface area (Å²) < 4.78 is 5.63. The predicted octanol–water partition coefficient (Wildman–Crippen LogP) is 5.29. The van der Waals surface area contributed by atoms with Crippen LogP contribution in [0.3, 0.4) is 0 Å². The van der Waals surface area contributed by atoms with Crippen LogP contribution in [0.5, 0.6) is 0 Å². The molecule has 0 unspecified atom stereocenters. The van der Waals surface area contributed by atoms with Crippen LogP contribution in [0, 0.1) is 0 Å². The molecule has 33 heavy (non-hydrogen) atoms. The molecular weight excluding hydrogens is 452 g/mol. The van der Waals surface area contributed by atoms with E-state index in [1.165, 1.54) is 16.7 Å². The molecule has 2 aromatic carbocycles. The van der Waals surface area contributed by atoms with Crippen molar-refractivity contribution in [2.75, 3.05) is 30.0 Å². The lowest BCUT2D eigenvalue weighted by Gasteiger charge is -2.38. The number of fused-ring (bicyclic) bond motifs is 1. The quantitative estimate of drug-likeness (QED) is 0.486. The van der Waals surface area contributed by atoms with Crippen molar-refractivity contribution in [2.24, 2.45) is 0 Å². The van der Waals surface area contributed by atoms with Gasteiger partial charge in [-0.15, -0.1) is 0 Å². The van der Waals surface area contributed by atoms with Gasteiger partial charge in [-0.25, -0.2) is 4.98 Å². The van der Waals surface area contributed by atoms with Crippen molar-refractivity contribution in [1.82, 2.24) is 10.3 Å².